The van der Waals surface area contributed by atoms with Gasteiger partial charge in [-0.15, -0.1) is 34.2 Å². The van der Waals surface area contributed by atoms with Crippen molar-refractivity contribution in [3.8, 4) is 5.75 Å². The Hall–Kier alpha value is -2.62. The summed E-state index contributed by atoms with van der Waals surface area (Å²) in [5.74, 6) is 2.33. The van der Waals surface area contributed by atoms with Crippen LogP contribution in [0.15, 0.2) is 66.3 Å². The van der Waals surface area contributed by atoms with Gasteiger partial charge in [0.05, 0.1) is 6.54 Å². The van der Waals surface area contributed by atoms with E-state index in [-0.39, 0.29) is 24.0 Å². The van der Waals surface area contributed by atoms with Gasteiger partial charge < -0.3 is 15.4 Å². The number of aliphatic imine (C=N–C) groups is 1. The van der Waals surface area contributed by atoms with Gasteiger partial charge in [-0.05, 0) is 18.2 Å². The molecule has 142 valence electrons. The lowest BCUT2D eigenvalue weighted by Crippen LogP contribution is -2.36. The number of hydrogen-bond acceptors (Lipinski definition) is 4. The number of nitrogens with zero attached hydrogens (tertiary/aromatic N) is 4. The molecule has 2 aromatic heterocycles. The van der Waals surface area contributed by atoms with Crippen LogP contribution >= 0.6 is 24.0 Å². The van der Waals surface area contributed by atoms with Gasteiger partial charge >= 0.3 is 0 Å². The van der Waals surface area contributed by atoms with Crippen LogP contribution in [0.1, 0.15) is 11.4 Å². The molecule has 27 heavy (non-hydrogen) atoms. The number of pyridine rings is 1. The summed E-state index contributed by atoms with van der Waals surface area (Å²) in [7, 11) is 1.73. The minimum absolute atomic E-state index is 0. The molecule has 0 amide bonds. The molecule has 2 N–H and O–H groups in total. The molecule has 0 aliphatic heterocycles. The van der Waals surface area contributed by atoms with E-state index in [1.165, 1.54) is 0 Å². The first-order valence-corrected chi connectivity index (χ1v) is 8.36. The lowest BCUT2D eigenvalue weighted by atomic mass is 10.2. The summed E-state index contributed by atoms with van der Waals surface area (Å²) < 4.78 is 7.62. The highest BCUT2D eigenvalue weighted by molar-refractivity contribution is 14.0. The molecule has 0 spiro atoms. The van der Waals surface area contributed by atoms with Crippen LogP contribution in [0.4, 0.5) is 0 Å². The van der Waals surface area contributed by atoms with Gasteiger partial charge in [0.2, 0.25) is 0 Å². The molecule has 2 heterocycles. The maximum atomic E-state index is 5.68. The fourth-order valence-electron chi connectivity index (χ4n) is 2.51. The number of para-hydroxylation sites is 1. The number of guanidine groups is 1. The SMILES string of the molecule is C=CCOc1ccccc1CNC(=NC)NCc1nnc2ccccn12.I. The highest BCUT2D eigenvalue weighted by Gasteiger charge is 2.07. The first kappa shape index (κ1) is 20.7. The number of benzene rings is 1. The van der Waals surface area contributed by atoms with Gasteiger partial charge in [0.25, 0.3) is 0 Å². The largest absolute Gasteiger partial charge is 0.489 e. The third-order valence-electron chi connectivity index (χ3n) is 3.80. The molecule has 0 saturated heterocycles. The quantitative estimate of drug-likeness (QED) is 0.237. The van der Waals surface area contributed by atoms with Crippen molar-refractivity contribution in [1.29, 1.82) is 0 Å². The number of halogens is 1. The molecule has 0 radical (unpaired) electrons. The van der Waals surface area contributed by atoms with E-state index >= 15 is 0 Å². The standard InChI is InChI=1S/C19H22N6O.HI/c1-3-12-26-16-9-5-4-8-15(16)13-21-19(20-2)22-14-18-24-23-17-10-6-7-11-25(17)18;/h3-11H,1,12-14H2,2H3,(H2,20,21,22);1H. The Morgan fingerprint density at radius 3 is 2.74 bits per heavy atom. The second-order valence-electron chi connectivity index (χ2n) is 5.53. The fourth-order valence-corrected chi connectivity index (χ4v) is 2.51. The highest BCUT2D eigenvalue weighted by atomic mass is 127. The number of nitrogens with one attached hydrogen (secondary N) is 2. The lowest BCUT2D eigenvalue weighted by Gasteiger charge is -2.14. The first-order valence-electron chi connectivity index (χ1n) is 8.36. The van der Waals surface area contributed by atoms with E-state index in [0.29, 0.717) is 25.7 Å². The van der Waals surface area contributed by atoms with Gasteiger partial charge in [-0.25, -0.2) is 0 Å². The van der Waals surface area contributed by atoms with Gasteiger partial charge in [0, 0.05) is 25.4 Å². The van der Waals surface area contributed by atoms with E-state index in [0.717, 1.165) is 22.8 Å². The van der Waals surface area contributed by atoms with Gasteiger partial charge in [0.1, 0.15) is 12.4 Å². The highest BCUT2D eigenvalue weighted by Crippen LogP contribution is 2.17. The van der Waals surface area contributed by atoms with E-state index in [1.54, 1.807) is 13.1 Å². The van der Waals surface area contributed by atoms with Crippen molar-refractivity contribution in [3.05, 3.63) is 72.7 Å². The average Bonchev–Trinajstić information content (AvgIpc) is 3.10. The third kappa shape index (κ3) is 5.43. The van der Waals surface area contributed by atoms with Crippen LogP contribution in [0, 0.1) is 0 Å². The Balaban J connectivity index is 0.00000261. The van der Waals surface area contributed by atoms with Gasteiger partial charge in [-0.1, -0.05) is 36.9 Å². The molecule has 0 saturated carbocycles. The number of aromatic nitrogens is 3. The second kappa shape index (κ2) is 10.5. The Bertz CT molecular complexity index is 908. The summed E-state index contributed by atoms with van der Waals surface area (Å²) >= 11 is 0. The van der Waals surface area contributed by atoms with E-state index in [9.17, 15) is 0 Å². The van der Waals surface area contributed by atoms with Crippen molar-refractivity contribution in [2.75, 3.05) is 13.7 Å². The molecule has 0 bridgehead atoms. The van der Waals surface area contributed by atoms with Gasteiger partial charge in [-0.3, -0.25) is 9.39 Å². The smallest absolute Gasteiger partial charge is 0.191 e. The van der Waals surface area contributed by atoms with Crippen LogP contribution in [-0.2, 0) is 13.1 Å². The average molecular weight is 478 g/mol. The van der Waals surface area contributed by atoms with Crippen LogP contribution in [-0.4, -0.2) is 34.2 Å². The van der Waals surface area contributed by atoms with Crippen LogP contribution < -0.4 is 15.4 Å². The molecule has 8 heteroatoms. The summed E-state index contributed by atoms with van der Waals surface area (Å²) in [6.07, 6.45) is 3.67. The van der Waals surface area contributed by atoms with Crippen LogP contribution in [0.3, 0.4) is 0 Å². The minimum atomic E-state index is 0. The third-order valence-corrected chi connectivity index (χ3v) is 3.80. The molecule has 0 aliphatic carbocycles. The van der Waals surface area contributed by atoms with Crippen molar-refractivity contribution in [1.82, 2.24) is 25.2 Å². The Morgan fingerprint density at radius 2 is 1.93 bits per heavy atom. The van der Waals surface area contributed by atoms with Crippen LogP contribution in [0.5, 0.6) is 5.75 Å². The second-order valence-corrected chi connectivity index (χ2v) is 5.53. The number of rotatable bonds is 7. The number of hydrogen-bond donors (Lipinski definition) is 2. The van der Waals surface area contributed by atoms with E-state index in [1.807, 2.05) is 53.1 Å². The first-order chi connectivity index (χ1) is 12.8. The molecule has 3 rings (SSSR count). The molecular weight excluding hydrogens is 455 g/mol. The summed E-state index contributed by atoms with van der Waals surface area (Å²) in [6, 6.07) is 13.7. The molecule has 7 nitrogen and oxygen atoms in total. The van der Waals surface area contributed by atoms with Gasteiger partial charge in [0.15, 0.2) is 17.4 Å². The van der Waals surface area contributed by atoms with E-state index < -0.39 is 0 Å². The zero-order chi connectivity index (χ0) is 18.2. The van der Waals surface area contributed by atoms with Gasteiger partial charge in [-0.2, -0.15) is 0 Å². The summed E-state index contributed by atoms with van der Waals surface area (Å²) in [6.45, 7) is 5.26. The topological polar surface area (TPSA) is 75.8 Å². The van der Waals surface area contributed by atoms with Crippen molar-refractivity contribution in [3.63, 3.8) is 0 Å². The molecule has 3 aromatic rings. The Morgan fingerprint density at radius 1 is 1.15 bits per heavy atom. The molecule has 0 atom stereocenters. The lowest BCUT2D eigenvalue weighted by molar-refractivity contribution is 0.358. The van der Waals surface area contributed by atoms with Crippen molar-refractivity contribution >= 4 is 35.6 Å². The molecule has 0 unspecified atom stereocenters. The van der Waals surface area contributed by atoms with Crippen LogP contribution in [0.2, 0.25) is 0 Å². The zero-order valence-corrected chi connectivity index (χ0v) is 17.5. The van der Waals surface area contributed by atoms with Crippen molar-refractivity contribution in [2.24, 2.45) is 4.99 Å². The number of fused-ring (bicyclic) bond motifs is 1. The van der Waals surface area contributed by atoms with E-state index in [4.69, 9.17) is 4.74 Å². The molecule has 0 fully saturated rings. The predicted molar refractivity (Wildman–Crippen MR) is 118 cm³/mol. The summed E-state index contributed by atoms with van der Waals surface area (Å²) in [5, 5.41) is 14.9. The monoisotopic (exact) mass is 478 g/mol. The molecule has 0 aliphatic rings. The molecule has 1 aromatic carbocycles. The normalized spacial score (nSPS) is 10.9. The summed E-state index contributed by atoms with van der Waals surface area (Å²) in [4.78, 5) is 4.25. The number of ether oxygens (including phenoxy) is 1. The van der Waals surface area contributed by atoms with Crippen molar-refractivity contribution < 1.29 is 4.74 Å². The summed E-state index contributed by atoms with van der Waals surface area (Å²) in [5.41, 5.74) is 1.87. The molecular formula is C19H23IN6O. The maximum Gasteiger partial charge on any atom is 0.191 e. The minimum Gasteiger partial charge on any atom is -0.489 e. The Labute approximate surface area is 175 Å². The predicted octanol–water partition coefficient (Wildman–Crippen LogP) is 2.78. The fraction of sp³-hybridized carbons (Fsp3) is 0.211. The maximum absolute atomic E-state index is 5.68. The zero-order valence-electron chi connectivity index (χ0n) is 15.1. The Kier molecular flexibility index (Phi) is 8.05. The van der Waals surface area contributed by atoms with E-state index in [2.05, 4.69) is 32.4 Å². The van der Waals surface area contributed by atoms with Crippen LogP contribution in [0.25, 0.3) is 5.65 Å². The van der Waals surface area contributed by atoms with Crippen molar-refractivity contribution in [2.45, 2.75) is 13.1 Å².